The van der Waals surface area contributed by atoms with Crippen LogP contribution in [0.15, 0.2) is 24.3 Å². The maximum absolute atomic E-state index is 9.55. The van der Waals surface area contributed by atoms with Crippen LogP contribution in [-0.4, -0.2) is 11.3 Å². The summed E-state index contributed by atoms with van der Waals surface area (Å²) in [6.45, 7) is 0. The first-order chi connectivity index (χ1) is 5.83. The zero-order valence-electron chi connectivity index (χ0n) is 6.65. The SMILES string of the molecule is Cl.N=Cc1sc2ccccc2c1O. The van der Waals surface area contributed by atoms with Crippen molar-refractivity contribution in [2.75, 3.05) is 0 Å². The topological polar surface area (TPSA) is 44.1 Å². The highest BCUT2D eigenvalue weighted by atomic mass is 35.5. The Hall–Kier alpha value is -1.06. The Bertz CT molecular complexity index is 438. The lowest BCUT2D eigenvalue weighted by molar-refractivity contribution is 0.483. The molecule has 13 heavy (non-hydrogen) atoms. The number of halogens is 1. The maximum atomic E-state index is 9.55. The van der Waals surface area contributed by atoms with E-state index in [1.807, 2.05) is 24.3 Å². The number of thiophene rings is 1. The molecular weight excluding hydrogens is 206 g/mol. The van der Waals surface area contributed by atoms with Gasteiger partial charge in [-0.05, 0) is 12.1 Å². The predicted molar refractivity (Wildman–Crippen MR) is 58.6 cm³/mol. The second-order valence-corrected chi connectivity index (χ2v) is 3.54. The fourth-order valence-electron chi connectivity index (χ4n) is 1.15. The third-order valence-corrected chi connectivity index (χ3v) is 2.83. The van der Waals surface area contributed by atoms with Gasteiger partial charge in [0.2, 0.25) is 0 Å². The van der Waals surface area contributed by atoms with Gasteiger partial charge in [0.25, 0.3) is 0 Å². The van der Waals surface area contributed by atoms with E-state index < -0.39 is 0 Å². The molecule has 2 rings (SSSR count). The van der Waals surface area contributed by atoms with Crippen molar-refractivity contribution in [1.29, 1.82) is 5.41 Å². The molecule has 0 unspecified atom stereocenters. The highest BCUT2D eigenvalue weighted by molar-refractivity contribution is 7.21. The molecule has 68 valence electrons. The van der Waals surface area contributed by atoms with Gasteiger partial charge in [0.05, 0.1) is 4.88 Å². The molecule has 0 aliphatic heterocycles. The molecule has 2 aromatic rings. The average molecular weight is 214 g/mol. The van der Waals surface area contributed by atoms with Crippen LogP contribution in [0.4, 0.5) is 0 Å². The van der Waals surface area contributed by atoms with Crippen LogP contribution in [0, 0.1) is 5.41 Å². The maximum Gasteiger partial charge on any atom is 0.142 e. The van der Waals surface area contributed by atoms with E-state index in [1.165, 1.54) is 17.6 Å². The fourth-order valence-corrected chi connectivity index (χ4v) is 2.07. The lowest BCUT2D eigenvalue weighted by atomic mass is 10.2. The van der Waals surface area contributed by atoms with Crippen molar-refractivity contribution in [3.05, 3.63) is 29.1 Å². The average Bonchev–Trinajstić information content (AvgIpc) is 2.44. The van der Waals surface area contributed by atoms with Crippen LogP contribution in [0.3, 0.4) is 0 Å². The van der Waals surface area contributed by atoms with Crippen LogP contribution in [0.5, 0.6) is 5.75 Å². The van der Waals surface area contributed by atoms with Crippen molar-refractivity contribution in [2.24, 2.45) is 0 Å². The standard InChI is InChI=1S/C9H7NOS.ClH/c10-5-8-9(11)6-3-1-2-4-7(6)12-8;/h1-5,10-11H;1H. The molecular formula is C9H8ClNOS. The fraction of sp³-hybridized carbons (Fsp3) is 0. The highest BCUT2D eigenvalue weighted by Gasteiger charge is 2.06. The van der Waals surface area contributed by atoms with Gasteiger partial charge in [-0.25, -0.2) is 0 Å². The molecule has 4 heteroatoms. The number of nitrogens with one attached hydrogen (secondary N) is 1. The number of benzene rings is 1. The summed E-state index contributed by atoms with van der Waals surface area (Å²) in [5, 5.41) is 17.4. The molecule has 1 aromatic carbocycles. The molecule has 1 heterocycles. The van der Waals surface area contributed by atoms with E-state index in [0.717, 1.165) is 10.1 Å². The molecule has 0 bridgehead atoms. The van der Waals surface area contributed by atoms with Gasteiger partial charge in [-0.15, -0.1) is 23.7 Å². The summed E-state index contributed by atoms with van der Waals surface area (Å²) in [6.07, 6.45) is 1.18. The summed E-state index contributed by atoms with van der Waals surface area (Å²) in [5.74, 6) is 0.227. The smallest absolute Gasteiger partial charge is 0.142 e. The first kappa shape index (κ1) is 10.0. The van der Waals surface area contributed by atoms with Gasteiger partial charge < -0.3 is 10.5 Å². The van der Waals surface area contributed by atoms with Crippen molar-refractivity contribution in [3.8, 4) is 5.75 Å². The molecule has 0 spiro atoms. The number of hydrogen-bond donors (Lipinski definition) is 2. The second kappa shape index (κ2) is 3.77. The monoisotopic (exact) mass is 213 g/mol. The van der Waals surface area contributed by atoms with E-state index in [1.54, 1.807) is 0 Å². The van der Waals surface area contributed by atoms with Gasteiger partial charge in [-0.3, -0.25) is 0 Å². The summed E-state index contributed by atoms with van der Waals surface area (Å²) in [4.78, 5) is 0.621. The van der Waals surface area contributed by atoms with E-state index in [2.05, 4.69) is 0 Å². The van der Waals surface area contributed by atoms with Crippen LogP contribution in [-0.2, 0) is 0 Å². The molecule has 0 radical (unpaired) electrons. The van der Waals surface area contributed by atoms with Crippen molar-refractivity contribution in [1.82, 2.24) is 0 Å². The molecule has 0 aliphatic rings. The Balaban J connectivity index is 0.000000845. The Morgan fingerprint density at radius 2 is 2.00 bits per heavy atom. The third-order valence-electron chi connectivity index (χ3n) is 1.73. The van der Waals surface area contributed by atoms with E-state index in [4.69, 9.17) is 5.41 Å². The van der Waals surface area contributed by atoms with Gasteiger partial charge in [0.15, 0.2) is 0 Å². The first-order valence-electron chi connectivity index (χ1n) is 3.54. The van der Waals surface area contributed by atoms with Crippen molar-refractivity contribution >= 4 is 40.0 Å². The third kappa shape index (κ3) is 1.53. The van der Waals surface area contributed by atoms with Crippen molar-refractivity contribution in [3.63, 3.8) is 0 Å². The Morgan fingerprint density at radius 3 is 2.62 bits per heavy atom. The number of hydrogen-bond acceptors (Lipinski definition) is 3. The number of aromatic hydroxyl groups is 1. The van der Waals surface area contributed by atoms with E-state index >= 15 is 0 Å². The summed E-state index contributed by atoms with van der Waals surface area (Å²) < 4.78 is 1.02. The lowest BCUT2D eigenvalue weighted by Gasteiger charge is -1.87. The molecule has 0 atom stereocenters. The minimum Gasteiger partial charge on any atom is -0.506 e. The van der Waals surface area contributed by atoms with Crippen molar-refractivity contribution in [2.45, 2.75) is 0 Å². The second-order valence-electron chi connectivity index (χ2n) is 2.46. The van der Waals surface area contributed by atoms with Gasteiger partial charge in [0.1, 0.15) is 5.75 Å². The van der Waals surface area contributed by atoms with E-state index in [0.29, 0.717) is 4.88 Å². The zero-order chi connectivity index (χ0) is 8.55. The lowest BCUT2D eigenvalue weighted by Crippen LogP contribution is -1.68. The minimum absolute atomic E-state index is 0. The van der Waals surface area contributed by atoms with Gasteiger partial charge in [-0.2, -0.15) is 0 Å². The highest BCUT2D eigenvalue weighted by Crippen LogP contribution is 2.34. The van der Waals surface area contributed by atoms with Crippen LogP contribution in [0.25, 0.3) is 10.1 Å². The molecule has 0 fully saturated rings. The van der Waals surface area contributed by atoms with Crippen LogP contribution in [0.1, 0.15) is 4.88 Å². The molecule has 0 saturated heterocycles. The Kier molecular flexibility index (Phi) is 2.90. The molecule has 0 saturated carbocycles. The van der Waals surface area contributed by atoms with E-state index in [9.17, 15) is 5.11 Å². The predicted octanol–water partition coefficient (Wildman–Crippen LogP) is 3.03. The Labute approximate surface area is 85.8 Å². The Morgan fingerprint density at radius 1 is 1.31 bits per heavy atom. The number of fused-ring (bicyclic) bond motifs is 1. The van der Waals surface area contributed by atoms with Crippen LogP contribution >= 0.6 is 23.7 Å². The number of rotatable bonds is 1. The molecule has 2 N–H and O–H groups in total. The quantitative estimate of drug-likeness (QED) is 0.703. The molecule has 2 nitrogen and oxygen atoms in total. The molecule has 1 aromatic heterocycles. The van der Waals surface area contributed by atoms with Crippen LogP contribution < -0.4 is 0 Å². The first-order valence-corrected chi connectivity index (χ1v) is 4.35. The summed E-state index contributed by atoms with van der Waals surface area (Å²) >= 11 is 1.43. The summed E-state index contributed by atoms with van der Waals surface area (Å²) in [7, 11) is 0. The molecule has 0 amide bonds. The van der Waals surface area contributed by atoms with E-state index in [-0.39, 0.29) is 18.2 Å². The summed E-state index contributed by atoms with van der Waals surface area (Å²) in [6, 6.07) is 7.59. The normalized spacial score (nSPS) is 9.54. The minimum atomic E-state index is 0. The van der Waals surface area contributed by atoms with Gasteiger partial charge >= 0.3 is 0 Å². The van der Waals surface area contributed by atoms with Crippen molar-refractivity contribution < 1.29 is 5.11 Å². The van der Waals surface area contributed by atoms with Gasteiger partial charge in [0, 0.05) is 16.3 Å². The summed E-state index contributed by atoms with van der Waals surface area (Å²) in [5.41, 5.74) is 0. The van der Waals surface area contributed by atoms with Crippen LogP contribution in [0.2, 0.25) is 0 Å². The molecule has 0 aliphatic carbocycles. The zero-order valence-corrected chi connectivity index (χ0v) is 8.28. The largest absolute Gasteiger partial charge is 0.506 e. The van der Waals surface area contributed by atoms with Gasteiger partial charge in [-0.1, -0.05) is 12.1 Å².